The zero-order valence-corrected chi connectivity index (χ0v) is 29.6. The molecule has 1 aliphatic heterocycles. The fourth-order valence-corrected chi connectivity index (χ4v) is 6.69. The van der Waals surface area contributed by atoms with Gasteiger partial charge in [-0.25, -0.2) is 0 Å². The van der Waals surface area contributed by atoms with Crippen molar-refractivity contribution >= 4 is 30.2 Å². The summed E-state index contributed by atoms with van der Waals surface area (Å²) in [6, 6.07) is 24.3. The van der Waals surface area contributed by atoms with Gasteiger partial charge in [-0.3, -0.25) is 0 Å². The number of anilines is 1. The quantitative estimate of drug-likeness (QED) is 0.100. The molecule has 1 fully saturated rings. The standard InChI is InChI=1S/C36H37BF3N5O5S/c1-35(2)22-49-37(50-23-35)31-19-18-30(36(38,39)40)33(32(31)34-41-43-45(42-34)21-25-8-14-28(47-4)15-9-25)51-44(26-10-16-29(48-5)17-11-26)20-24-6-12-27(46-3)13-7-24/h6-19H,20-23H2,1-5H3. The van der Waals surface area contributed by atoms with Crippen molar-refractivity contribution in [2.24, 2.45) is 5.41 Å². The summed E-state index contributed by atoms with van der Waals surface area (Å²) in [5.41, 5.74) is 1.69. The van der Waals surface area contributed by atoms with Crippen LogP contribution in [0.4, 0.5) is 18.9 Å². The van der Waals surface area contributed by atoms with Gasteiger partial charge in [0, 0.05) is 29.9 Å². The molecule has 0 saturated carbocycles. The Hall–Kier alpha value is -4.73. The topological polar surface area (TPSA) is 93.0 Å². The van der Waals surface area contributed by atoms with E-state index in [0.29, 0.717) is 41.6 Å². The molecule has 0 atom stereocenters. The third-order valence-corrected chi connectivity index (χ3v) is 9.37. The van der Waals surface area contributed by atoms with Crippen molar-refractivity contribution in [3.05, 3.63) is 102 Å². The molecule has 4 aromatic carbocycles. The number of halogens is 3. The third kappa shape index (κ3) is 8.60. The second kappa shape index (κ2) is 15.3. The fraction of sp³-hybridized carbons (Fsp3) is 0.306. The Labute approximate surface area is 299 Å². The molecule has 0 unspecified atom stereocenters. The number of benzene rings is 4. The summed E-state index contributed by atoms with van der Waals surface area (Å²) in [5.74, 6) is 1.96. The van der Waals surface area contributed by atoms with Gasteiger partial charge in [-0.1, -0.05) is 44.2 Å². The number of nitrogens with zero attached hydrogens (tertiary/aromatic N) is 5. The van der Waals surface area contributed by atoms with Crippen molar-refractivity contribution in [2.45, 2.75) is 38.0 Å². The van der Waals surface area contributed by atoms with E-state index in [1.54, 1.807) is 49.9 Å². The Morgan fingerprint density at radius 3 is 1.90 bits per heavy atom. The van der Waals surface area contributed by atoms with Gasteiger partial charge in [0.15, 0.2) is 0 Å². The van der Waals surface area contributed by atoms with Gasteiger partial charge in [0.25, 0.3) is 0 Å². The number of hydrogen-bond acceptors (Lipinski definition) is 10. The van der Waals surface area contributed by atoms with Crippen LogP contribution in [0.2, 0.25) is 0 Å². The van der Waals surface area contributed by atoms with Gasteiger partial charge >= 0.3 is 13.3 Å². The molecule has 6 rings (SSSR count). The van der Waals surface area contributed by atoms with Crippen molar-refractivity contribution in [3.63, 3.8) is 0 Å². The molecule has 15 heteroatoms. The SMILES string of the molecule is COc1ccc(CN(Sc2c(C(F)(F)F)ccc(B3OCC(C)(C)CO3)c2-c2nnn(Cc3ccc(OC)cc3)n2)c2ccc(OC)cc2)cc1. The van der Waals surface area contributed by atoms with E-state index in [4.69, 9.17) is 23.5 Å². The molecule has 0 bridgehead atoms. The van der Waals surface area contributed by atoms with Crippen LogP contribution in [0.5, 0.6) is 17.2 Å². The van der Waals surface area contributed by atoms with Crippen LogP contribution in [-0.2, 0) is 28.6 Å². The first-order valence-electron chi connectivity index (χ1n) is 16.1. The Kier molecular flexibility index (Phi) is 10.8. The first-order chi connectivity index (χ1) is 24.5. The number of aromatic nitrogens is 4. The first-order valence-corrected chi connectivity index (χ1v) is 16.8. The van der Waals surface area contributed by atoms with E-state index in [0.717, 1.165) is 29.1 Å². The third-order valence-electron chi connectivity index (χ3n) is 8.21. The smallest absolute Gasteiger partial charge is 0.494 e. The summed E-state index contributed by atoms with van der Waals surface area (Å²) >= 11 is 0.930. The van der Waals surface area contributed by atoms with E-state index in [1.807, 2.05) is 62.4 Å². The molecule has 5 aromatic rings. The molecule has 10 nitrogen and oxygen atoms in total. The lowest BCUT2D eigenvalue weighted by molar-refractivity contribution is -0.139. The van der Waals surface area contributed by atoms with Gasteiger partial charge in [0.05, 0.1) is 44.9 Å². The minimum absolute atomic E-state index is 0.00303. The maximum atomic E-state index is 15.0. The lowest BCUT2D eigenvalue weighted by atomic mass is 9.72. The van der Waals surface area contributed by atoms with Crippen LogP contribution >= 0.6 is 11.9 Å². The molecule has 2 heterocycles. The van der Waals surface area contributed by atoms with Crippen LogP contribution < -0.4 is 24.0 Å². The van der Waals surface area contributed by atoms with Crippen molar-refractivity contribution < 1.29 is 36.7 Å². The van der Waals surface area contributed by atoms with Crippen LogP contribution in [0, 0.1) is 5.41 Å². The molecule has 0 radical (unpaired) electrons. The highest BCUT2D eigenvalue weighted by molar-refractivity contribution is 8.00. The van der Waals surface area contributed by atoms with Crippen molar-refractivity contribution in [2.75, 3.05) is 38.8 Å². The highest BCUT2D eigenvalue weighted by Gasteiger charge is 2.41. The summed E-state index contributed by atoms with van der Waals surface area (Å²) in [5, 5.41) is 13.2. The normalized spacial score (nSPS) is 14.3. The number of alkyl halides is 3. The Morgan fingerprint density at radius 1 is 0.804 bits per heavy atom. The number of methoxy groups -OCH3 is 3. The molecule has 266 valence electrons. The second-order valence-corrected chi connectivity index (χ2v) is 13.7. The summed E-state index contributed by atoms with van der Waals surface area (Å²) in [6.45, 7) is 5.14. The van der Waals surface area contributed by atoms with Crippen LogP contribution in [0.3, 0.4) is 0 Å². The predicted molar refractivity (Wildman–Crippen MR) is 189 cm³/mol. The zero-order valence-electron chi connectivity index (χ0n) is 28.8. The second-order valence-electron chi connectivity index (χ2n) is 12.7. The van der Waals surface area contributed by atoms with E-state index in [2.05, 4.69) is 15.4 Å². The highest BCUT2D eigenvalue weighted by Crippen LogP contribution is 2.44. The molecule has 1 aliphatic rings. The van der Waals surface area contributed by atoms with Crippen LogP contribution in [-0.4, -0.2) is 61.9 Å². The van der Waals surface area contributed by atoms with Gasteiger partial charge in [-0.2, -0.15) is 18.0 Å². The van der Waals surface area contributed by atoms with Crippen LogP contribution in [0.25, 0.3) is 11.4 Å². The minimum atomic E-state index is -4.73. The summed E-state index contributed by atoms with van der Waals surface area (Å²) in [4.78, 5) is 1.23. The van der Waals surface area contributed by atoms with E-state index < -0.39 is 18.9 Å². The summed E-state index contributed by atoms with van der Waals surface area (Å²) in [6.07, 6.45) is -4.73. The van der Waals surface area contributed by atoms with Gasteiger partial charge in [-0.15, -0.1) is 10.2 Å². The van der Waals surface area contributed by atoms with E-state index in [-0.39, 0.29) is 34.8 Å². The molecule has 1 saturated heterocycles. The maximum absolute atomic E-state index is 15.0. The highest BCUT2D eigenvalue weighted by atomic mass is 32.2. The molecule has 51 heavy (non-hydrogen) atoms. The number of tetrazole rings is 1. The Bertz CT molecular complexity index is 1920. The van der Waals surface area contributed by atoms with E-state index in [1.165, 1.54) is 10.9 Å². The van der Waals surface area contributed by atoms with Crippen molar-refractivity contribution in [1.29, 1.82) is 0 Å². The largest absolute Gasteiger partial charge is 0.497 e. The number of ether oxygens (including phenoxy) is 3. The van der Waals surface area contributed by atoms with Gasteiger partial charge in [0.1, 0.15) is 17.2 Å². The van der Waals surface area contributed by atoms with Crippen molar-refractivity contribution in [1.82, 2.24) is 20.2 Å². The molecular weight excluding hydrogens is 682 g/mol. The zero-order chi connectivity index (χ0) is 36.2. The van der Waals surface area contributed by atoms with Crippen molar-refractivity contribution in [3.8, 4) is 28.6 Å². The van der Waals surface area contributed by atoms with Crippen LogP contribution in [0.15, 0.2) is 89.8 Å². The lowest BCUT2D eigenvalue weighted by Gasteiger charge is -2.34. The average molecular weight is 720 g/mol. The molecule has 0 spiro atoms. The predicted octanol–water partition coefficient (Wildman–Crippen LogP) is 6.92. The van der Waals surface area contributed by atoms with Gasteiger partial charge in [-0.05, 0) is 88.3 Å². The Morgan fingerprint density at radius 2 is 1.35 bits per heavy atom. The molecule has 0 N–H and O–H groups in total. The van der Waals surface area contributed by atoms with Gasteiger partial charge in [0.2, 0.25) is 5.82 Å². The summed E-state index contributed by atoms with van der Waals surface area (Å²) in [7, 11) is 3.75. The molecule has 0 amide bonds. The van der Waals surface area contributed by atoms with E-state index in [9.17, 15) is 0 Å². The minimum Gasteiger partial charge on any atom is -0.497 e. The number of hydrogen-bond donors (Lipinski definition) is 0. The van der Waals surface area contributed by atoms with Crippen LogP contribution in [0.1, 0.15) is 30.5 Å². The average Bonchev–Trinajstić information content (AvgIpc) is 3.59. The summed E-state index contributed by atoms with van der Waals surface area (Å²) < 4.78 is 75.1. The number of rotatable bonds is 12. The monoisotopic (exact) mass is 719 g/mol. The lowest BCUT2D eigenvalue weighted by Crippen LogP contribution is -2.48. The van der Waals surface area contributed by atoms with Gasteiger partial charge < -0.3 is 27.8 Å². The molecular formula is C36H37BF3N5O5S. The maximum Gasteiger partial charge on any atom is 0.494 e. The molecule has 1 aromatic heterocycles. The first kappa shape index (κ1) is 36.1. The molecule has 0 aliphatic carbocycles. The van der Waals surface area contributed by atoms with E-state index >= 15 is 13.2 Å². The fourth-order valence-electron chi connectivity index (χ4n) is 5.45. The Balaban J connectivity index is 1.48.